The summed E-state index contributed by atoms with van der Waals surface area (Å²) in [5, 5.41) is 3.27. The van der Waals surface area contributed by atoms with Crippen LogP contribution >= 0.6 is 0 Å². The first-order chi connectivity index (χ1) is 7.44. The lowest BCUT2D eigenvalue weighted by atomic mass is 9.94. The van der Waals surface area contributed by atoms with Gasteiger partial charge in [0.2, 0.25) is 0 Å². The second-order valence-corrected chi connectivity index (χ2v) is 4.88. The van der Waals surface area contributed by atoms with Gasteiger partial charge in [0.15, 0.2) is 0 Å². The van der Waals surface area contributed by atoms with Gasteiger partial charge in [-0.25, -0.2) is 9.97 Å². The van der Waals surface area contributed by atoms with E-state index in [1.165, 1.54) is 0 Å². The van der Waals surface area contributed by atoms with Crippen molar-refractivity contribution in [3.63, 3.8) is 0 Å². The molecule has 0 spiro atoms. The molecule has 0 unspecified atom stereocenters. The molecule has 0 fully saturated rings. The summed E-state index contributed by atoms with van der Waals surface area (Å²) in [6.07, 6.45) is 1.56. The Morgan fingerprint density at radius 1 is 1.38 bits per heavy atom. The quantitative estimate of drug-likeness (QED) is 0.777. The molecule has 0 aromatic carbocycles. The van der Waals surface area contributed by atoms with Crippen LogP contribution in [0.4, 0.5) is 11.6 Å². The number of hydrogen-bond donors (Lipinski definition) is 2. The normalized spacial score (nSPS) is 11.3. The summed E-state index contributed by atoms with van der Waals surface area (Å²) in [6.45, 7) is 5.68. The van der Waals surface area contributed by atoms with E-state index in [1.54, 1.807) is 6.33 Å². The Morgan fingerprint density at radius 2 is 2.06 bits per heavy atom. The third kappa shape index (κ3) is 3.66. The fourth-order valence-corrected chi connectivity index (χ4v) is 1.09. The van der Waals surface area contributed by atoms with Crippen molar-refractivity contribution >= 4 is 11.6 Å². The van der Waals surface area contributed by atoms with Crippen molar-refractivity contribution in [2.75, 3.05) is 37.4 Å². The third-order valence-corrected chi connectivity index (χ3v) is 2.41. The zero-order chi connectivity index (χ0) is 12.2. The number of nitrogens with two attached hydrogens (primary N) is 1. The Morgan fingerprint density at radius 3 is 2.62 bits per heavy atom. The minimum absolute atomic E-state index is 0.0726. The highest BCUT2D eigenvalue weighted by Crippen LogP contribution is 2.15. The first-order valence-corrected chi connectivity index (χ1v) is 5.38. The number of aromatic nitrogens is 2. The molecular formula is C11H21N5. The maximum absolute atomic E-state index is 5.67. The highest BCUT2D eigenvalue weighted by atomic mass is 15.2. The average Bonchev–Trinajstić information content (AvgIpc) is 2.27. The molecule has 0 aliphatic carbocycles. The molecule has 0 saturated heterocycles. The predicted octanol–water partition coefficient (Wildman–Crippen LogP) is 0.939. The van der Waals surface area contributed by atoms with E-state index in [0.717, 1.165) is 18.2 Å². The number of nitrogens with zero attached hydrogens (tertiary/aromatic N) is 3. The highest BCUT2D eigenvalue weighted by molar-refractivity contribution is 5.47. The summed E-state index contributed by atoms with van der Waals surface area (Å²) < 4.78 is 0. The van der Waals surface area contributed by atoms with E-state index in [0.29, 0.717) is 6.54 Å². The van der Waals surface area contributed by atoms with Crippen molar-refractivity contribution in [2.45, 2.75) is 13.8 Å². The lowest BCUT2D eigenvalue weighted by Crippen LogP contribution is -2.31. The molecule has 0 atom stereocenters. The molecular weight excluding hydrogens is 202 g/mol. The fraction of sp³-hybridized carbons (Fsp3) is 0.636. The summed E-state index contributed by atoms with van der Waals surface area (Å²) in [5.74, 6) is 1.73. The predicted molar refractivity (Wildman–Crippen MR) is 67.7 cm³/mol. The average molecular weight is 223 g/mol. The second kappa shape index (κ2) is 5.12. The third-order valence-electron chi connectivity index (χ3n) is 2.41. The molecule has 0 aliphatic rings. The van der Waals surface area contributed by atoms with Crippen molar-refractivity contribution in [1.82, 2.24) is 9.97 Å². The summed E-state index contributed by atoms with van der Waals surface area (Å²) in [4.78, 5) is 10.3. The number of hydrogen-bond acceptors (Lipinski definition) is 5. The van der Waals surface area contributed by atoms with Gasteiger partial charge in [-0.15, -0.1) is 0 Å². The van der Waals surface area contributed by atoms with Crippen LogP contribution in [0.25, 0.3) is 0 Å². The molecule has 0 saturated carbocycles. The van der Waals surface area contributed by atoms with Gasteiger partial charge in [-0.3, -0.25) is 0 Å². The SMILES string of the molecule is CN(C)c1cc(NCC(C)(C)CN)ncn1. The van der Waals surface area contributed by atoms with Crippen LogP contribution in [0.5, 0.6) is 0 Å². The molecule has 0 bridgehead atoms. The van der Waals surface area contributed by atoms with E-state index >= 15 is 0 Å². The van der Waals surface area contributed by atoms with E-state index in [-0.39, 0.29) is 5.41 Å². The van der Waals surface area contributed by atoms with Crippen molar-refractivity contribution in [2.24, 2.45) is 11.1 Å². The molecule has 1 rings (SSSR count). The fourth-order valence-electron chi connectivity index (χ4n) is 1.09. The topological polar surface area (TPSA) is 67.1 Å². The van der Waals surface area contributed by atoms with Crippen LogP contribution in [0.2, 0.25) is 0 Å². The Hall–Kier alpha value is -1.36. The zero-order valence-corrected chi connectivity index (χ0v) is 10.5. The van der Waals surface area contributed by atoms with Crippen molar-refractivity contribution in [1.29, 1.82) is 0 Å². The monoisotopic (exact) mass is 223 g/mol. The minimum Gasteiger partial charge on any atom is -0.369 e. The Bertz CT molecular complexity index is 335. The second-order valence-electron chi connectivity index (χ2n) is 4.88. The van der Waals surface area contributed by atoms with Crippen LogP contribution in [-0.2, 0) is 0 Å². The van der Waals surface area contributed by atoms with Crippen LogP contribution in [-0.4, -0.2) is 37.2 Å². The van der Waals surface area contributed by atoms with Gasteiger partial charge in [0.25, 0.3) is 0 Å². The van der Waals surface area contributed by atoms with Crippen LogP contribution in [0.1, 0.15) is 13.8 Å². The van der Waals surface area contributed by atoms with Gasteiger partial charge in [0.05, 0.1) is 0 Å². The molecule has 5 heteroatoms. The molecule has 16 heavy (non-hydrogen) atoms. The van der Waals surface area contributed by atoms with Crippen LogP contribution in [0.3, 0.4) is 0 Å². The largest absolute Gasteiger partial charge is 0.369 e. The van der Waals surface area contributed by atoms with E-state index < -0.39 is 0 Å². The molecule has 3 N–H and O–H groups in total. The molecule has 1 aromatic rings. The van der Waals surface area contributed by atoms with Gasteiger partial charge in [0.1, 0.15) is 18.0 Å². The van der Waals surface area contributed by atoms with Gasteiger partial charge in [-0.05, 0) is 12.0 Å². The van der Waals surface area contributed by atoms with Crippen LogP contribution in [0.15, 0.2) is 12.4 Å². The summed E-state index contributed by atoms with van der Waals surface area (Å²) >= 11 is 0. The minimum atomic E-state index is 0.0726. The molecule has 0 aliphatic heterocycles. The van der Waals surface area contributed by atoms with E-state index in [2.05, 4.69) is 29.1 Å². The zero-order valence-electron chi connectivity index (χ0n) is 10.5. The first-order valence-electron chi connectivity index (χ1n) is 5.38. The molecule has 1 heterocycles. The highest BCUT2D eigenvalue weighted by Gasteiger charge is 2.15. The Balaban J connectivity index is 2.64. The van der Waals surface area contributed by atoms with Crippen molar-refractivity contribution < 1.29 is 0 Å². The Labute approximate surface area is 97.1 Å². The number of rotatable bonds is 5. The standard InChI is InChI=1S/C11H21N5/c1-11(2,6-12)7-13-9-5-10(16(3)4)15-8-14-9/h5,8H,6-7,12H2,1-4H3,(H,13,14,15). The summed E-state index contributed by atoms with van der Waals surface area (Å²) in [6, 6.07) is 1.92. The summed E-state index contributed by atoms with van der Waals surface area (Å²) in [5.41, 5.74) is 5.74. The Kier molecular flexibility index (Phi) is 4.06. The van der Waals surface area contributed by atoms with Gasteiger partial charge >= 0.3 is 0 Å². The van der Waals surface area contributed by atoms with Gasteiger partial charge in [-0.2, -0.15) is 0 Å². The van der Waals surface area contributed by atoms with E-state index in [9.17, 15) is 0 Å². The summed E-state index contributed by atoms with van der Waals surface area (Å²) in [7, 11) is 3.91. The van der Waals surface area contributed by atoms with Gasteiger partial charge in [-0.1, -0.05) is 13.8 Å². The first kappa shape index (κ1) is 12.7. The maximum atomic E-state index is 5.67. The maximum Gasteiger partial charge on any atom is 0.133 e. The number of anilines is 2. The van der Waals surface area contributed by atoms with Gasteiger partial charge in [0, 0.05) is 26.7 Å². The van der Waals surface area contributed by atoms with Crippen molar-refractivity contribution in [3.05, 3.63) is 12.4 Å². The van der Waals surface area contributed by atoms with Crippen LogP contribution < -0.4 is 16.0 Å². The van der Waals surface area contributed by atoms with Gasteiger partial charge < -0.3 is 16.0 Å². The molecule has 1 aromatic heterocycles. The molecule has 90 valence electrons. The van der Waals surface area contributed by atoms with Crippen LogP contribution in [0, 0.1) is 5.41 Å². The molecule has 0 amide bonds. The molecule has 5 nitrogen and oxygen atoms in total. The number of nitrogens with one attached hydrogen (secondary N) is 1. The van der Waals surface area contributed by atoms with E-state index in [1.807, 2.05) is 25.1 Å². The molecule has 0 radical (unpaired) electrons. The lowest BCUT2D eigenvalue weighted by Gasteiger charge is -2.23. The van der Waals surface area contributed by atoms with Crippen molar-refractivity contribution in [3.8, 4) is 0 Å². The lowest BCUT2D eigenvalue weighted by molar-refractivity contribution is 0.405. The van der Waals surface area contributed by atoms with E-state index in [4.69, 9.17) is 5.73 Å². The smallest absolute Gasteiger partial charge is 0.133 e.